The number of anilines is 1. The fourth-order valence-electron chi connectivity index (χ4n) is 2.03. The summed E-state index contributed by atoms with van der Waals surface area (Å²) >= 11 is 0.411. The lowest BCUT2D eigenvalue weighted by atomic mass is 10.1. The maximum Gasteiger partial charge on any atom is 0.288 e. The van der Waals surface area contributed by atoms with Crippen molar-refractivity contribution < 1.29 is 18.4 Å². The predicted molar refractivity (Wildman–Crippen MR) is 95.2 cm³/mol. The molecule has 0 saturated heterocycles. The van der Waals surface area contributed by atoms with Crippen molar-refractivity contribution in [2.24, 2.45) is 0 Å². The Hall–Kier alpha value is -2.67. The van der Waals surface area contributed by atoms with Gasteiger partial charge in [-0.25, -0.2) is 0 Å². The van der Waals surface area contributed by atoms with E-state index in [4.69, 9.17) is 0 Å². The van der Waals surface area contributed by atoms with Crippen LogP contribution in [0.15, 0.2) is 66.1 Å². The van der Waals surface area contributed by atoms with E-state index < -0.39 is 11.7 Å². The SMILES string of the molecule is C=CCNC(=O)c1ccccc1NC(=O)c1ccc(SC(F)F)cc1. The third-order valence-corrected chi connectivity index (χ3v) is 3.89. The van der Waals surface area contributed by atoms with Gasteiger partial charge in [-0.05, 0) is 36.4 Å². The molecule has 7 heteroatoms. The molecule has 0 spiro atoms. The monoisotopic (exact) mass is 362 g/mol. The van der Waals surface area contributed by atoms with Crippen LogP contribution < -0.4 is 10.6 Å². The Morgan fingerprint density at radius 2 is 1.76 bits per heavy atom. The fraction of sp³-hybridized carbons (Fsp3) is 0.111. The number of para-hydroxylation sites is 1. The number of rotatable bonds is 7. The molecule has 4 nitrogen and oxygen atoms in total. The maximum atomic E-state index is 12.3. The molecule has 0 bridgehead atoms. The number of halogens is 2. The van der Waals surface area contributed by atoms with E-state index in [-0.39, 0.29) is 5.91 Å². The van der Waals surface area contributed by atoms with Crippen LogP contribution in [0.2, 0.25) is 0 Å². The first-order valence-electron chi connectivity index (χ1n) is 7.35. The first kappa shape index (κ1) is 18.7. The van der Waals surface area contributed by atoms with Crippen LogP contribution in [0.3, 0.4) is 0 Å². The van der Waals surface area contributed by atoms with E-state index in [1.165, 1.54) is 24.3 Å². The topological polar surface area (TPSA) is 58.2 Å². The average molecular weight is 362 g/mol. The van der Waals surface area contributed by atoms with Gasteiger partial charge in [-0.1, -0.05) is 30.0 Å². The summed E-state index contributed by atoms with van der Waals surface area (Å²) in [5, 5.41) is 5.31. The summed E-state index contributed by atoms with van der Waals surface area (Å²) in [5.74, 6) is -3.28. The van der Waals surface area contributed by atoms with Crippen molar-refractivity contribution >= 4 is 29.3 Å². The van der Waals surface area contributed by atoms with E-state index in [1.807, 2.05) is 0 Å². The highest BCUT2D eigenvalue weighted by Crippen LogP contribution is 2.25. The van der Waals surface area contributed by atoms with Crippen molar-refractivity contribution in [3.8, 4) is 0 Å². The third-order valence-electron chi connectivity index (χ3n) is 3.17. The molecule has 0 aliphatic heterocycles. The van der Waals surface area contributed by atoms with Crippen LogP contribution in [0, 0.1) is 0 Å². The molecule has 2 rings (SSSR count). The molecule has 2 aromatic carbocycles. The van der Waals surface area contributed by atoms with Gasteiger partial charge >= 0.3 is 0 Å². The quantitative estimate of drug-likeness (QED) is 0.574. The van der Waals surface area contributed by atoms with Crippen molar-refractivity contribution in [1.29, 1.82) is 0 Å². The standard InChI is InChI=1S/C18H16F2N2O2S/c1-2-11-21-17(24)14-5-3-4-6-15(14)22-16(23)12-7-9-13(10-8-12)25-18(19)20/h2-10,18H,1,11H2,(H,21,24)(H,22,23). The van der Waals surface area contributed by atoms with E-state index >= 15 is 0 Å². The smallest absolute Gasteiger partial charge is 0.288 e. The number of carbonyl (C=O) groups excluding carboxylic acids is 2. The zero-order valence-corrected chi connectivity index (χ0v) is 14.0. The first-order valence-corrected chi connectivity index (χ1v) is 8.23. The lowest BCUT2D eigenvalue weighted by Crippen LogP contribution is -2.25. The van der Waals surface area contributed by atoms with Crippen LogP contribution in [0.5, 0.6) is 0 Å². The Balaban J connectivity index is 2.12. The normalized spacial score (nSPS) is 10.4. The lowest BCUT2D eigenvalue weighted by Gasteiger charge is -2.11. The molecule has 130 valence electrons. The van der Waals surface area contributed by atoms with Gasteiger partial charge in [0.2, 0.25) is 0 Å². The zero-order chi connectivity index (χ0) is 18.2. The van der Waals surface area contributed by atoms with Crippen LogP contribution in [0.25, 0.3) is 0 Å². The van der Waals surface area contributed by atoms with Gasteiger partial charge in [0.15, 0.2) is 0 Å². The molecular formula is C18H16F2N2O2S. The molecule has 25 heavy (non-hydrogen) atoms. The van der Waals surface area contributed by atoms with Crippen molar-refractivity contribution in [2.75, 3.05) is 11.9 Å². The van der Waals surface area contributed by atoms with Gasteiger partial charge in [-0.3, -0.25) is 9.59 Å². The molecule has 0 aliphatic carbocycles. The summed E-state index contributed by atoms with van der Waals surface area (Å²) in [6, 6.07) is 12.4. The van der Waals surface area contributed by atoms with Gasteiger partial charge < -0.3 is 10.6 Å². The zero-order valence-electron chi connectivity index (χ0n) is 13.2. The summed E-state index contributed by atoms with van der Waals surface area (Å²) < 4.78 is 24.6. The third kappa shape index (κ3) is 5.42. The number of benzene rings is 2. The highest BCUT2D eigenvalue weighted by Gasteiger charge is 2.14. The minimum absolute atomic E-state index is 0.305. The summed E-state index contributed by atoms with van der Waals surface area (Å²) in [6.07, 6.45) is 1.55. The van der Waals surface area contributed by atoms with Gasteiger partial charge in [-0.15, -0.1) is 6.58 Å². The number of carbonyl (C=O) groups is 2. The Morgan fingerprint density at radius 1 is 1.08 bits per heavy atom. The summed E-state index contributed by atoms with van der Waals surface area (Å²) in [5.41, 5.74) is 0.989. The lowest BCUT2D eigenvalue weighted by molar-refractivity contribution is 0.0959. The number of nitrogens with one attached hydrogen (secondary N) is 2. The molecule has 0 aromatic heterocycles. The molecular weight excluding hydrogens is 346 g/mol. The van der Waals surface area contributed by atoms with Crippen LogP contribution in [0.1, 0.15) is 20.7 Å². The molecule has 0 fully saturated rings. The number of thioether (sulfide) groups is 1. The van der Waals surface area contributed by atoms with Gasteiger partial charge in [0.05, 0.1) is 11.3 Å². The largest absolute Gasteiger partial charge is 0.349 e. The van der Waals surface area contributed by atoms with Crippen molar-refractivity contribution in [3.05, 3.63) is 72.3 Å². The minimum Gasteiger partial charge on any atom is -0.349 e. The molecule has 0 atom stereocenters. The van der Waals surface area contributed by atoms with Gasteiger partial charge in [-0.2, -0.15) is 8.78 Å². The van der Waals surface area contributed by atoms with Crippen LogP contribution in [0.4, 0.5) is 14.5 Å². The molecule has 0 saturated carbocycles. The maximum absolute atomic E-state index is 12.3. The van der Waals surface area contributed by atoms with Crippen molar-refractivity contribution in [1.82, 2.24) is 5.32 Å². The molecule has 2 aromatic rings. The number of alkyl halides is 2. The number of amides is 2. The summed E-state index contributed by atoms with van der Waals surface area (Å²) in [6.45, 7) is 3.84. The highest BCUT2D eigenvalue weighted by molar-refractivity contribution is 7.99. The van der Waals surface area contributed by atoms with Crippen LogP contribution >= 0.6 is 11.8 Å². The second-order valence-corrected chi connectivity index (χ2v) is 5.96. The van der Waals surface area contributed by atoms with Crippen LogP contribution in [-0.2, 0) is 0 Å². The average Bonchev–Trinajstić information content (AvgIpc) is 2.60. The molecule has 2 amide bonds. The first-order chi connectivity index (χ1) is 12.0. The molecule has 0 radical (unpaired) electrons. The summed E-state index contributed by atoms with van der Waals surface area (Å²) in [7, 11) is 0. The molecule has 0 unspecified atom stereocenters. The van der Waals surface area contributed by atoms with E-state index in [1.54, 1.807) is 30.3 Å². The minimum atomic E-state index is -2.51. The predicted octanol–water partition coefficient (Wildman–Crippen LogP) is 4.17. The molecule has 0 aliphatic rings. The Kier molecular flexibility index (Phi) is 6.71. The van der Waals surface area contributed by atoms with E-state index in [2.05, 4.69) is 17.2 Å². The Labute approximate surface area is 148 Å². The van der Waals surface area contributed by atoms with Gasteiger partial charge in [0.1, 0.15) is 0 Å². The number of hydrogen-bond donors (Lipinski definition) is 2. The van der Waals surface area contributed by atoms with Gasteiger partial charge in [0.25, 0.3) is 17.6 Å². The van der Waals surface area contributed by atoms with E-state index in [9.17, 15) is 18.4 Å². The van der Waals surface area contributed by atoms with Gasteiger partial charge in [0, 0.05) is 17.0 Å². The number of hydrogen-bond acceptors (Lipinski definition) is 3. The molecule has 0 heterocycles. The second-order valence-electron chi connectivity index (χ2n) is 4.90. The highest BCUT2D eigenvalue weighted by atomic mass is 32.2. The summed E-state index contributed by atoms with van der Waals surface area (Å²) in [4.78, 5) is 24.8. The van der Waals surface area contributed by atoms with Crippen molar-refractivity contribution in [2.45, 2.75) is 10.7 Å². The van der Waals surface area contributed by atoms with E-state index in [0.717, 1.165) is 0 Å². The Bertz CT molecular complexity index is 764. The fourth-order valence-corrected chi connectivity index (χ4v) is 2.53. The van der Waals surface area contributed by atoms with E-state index in [0.29, 0.717) is 40.0 Å². The molecule has 2 N–H and O–H groups in total. The second kappa shape index (κ2) is 8.98. The van der Waals surface area contributed by atoms with Crippen molar-refractivity contribution in [3.63, 3.8) is 0 Å². The Morgan fingerprint density at radius 3 is 2.40 bits per heavy atom. The van der Waals surface area contributed by atoms with Crippen LogP contribution in [-0.4, -0.2) is 24.1 Å².